The molecule has 0 atom stereocenters. The van der Waals surface area contributed by atoms with Gasteiger partial charge in [0.2, 0.25) is 0 Å². The summed E-state index contributed by atoms with van der Waals surface area (Å²) in [5.74, 6) is 0.974. The molecule has 0 radical (unpaired) electrons. The predicted molar refractivity (Wildman–Crippen MR) is 97.7 cm³/mol. The summed E-state index contributed by atoms with van der Waals surface area (Å²) in [6.45, 7) is 0. The summed E-state index contributed by atoms with van der Waals surface area (Å²) in [5, 5.41) is 6.23. The van der Waals surface area contributed by atoms with Crippen LogP contribution in [0.15, 0.2) is 66.7 Å². The lowest BCUT2D eigenvalue weighted by Gasteiger charge is -2.10. The Labute approximate surface area is 146 Å². The number of carbonyl (C=O) groups excluding carboxylic acids is 1. The molecule has 5 nitrogen and oxygen atoms in total. The van der Waals surface area contributed by atoms with E-state index in [9.17, 15) is 4.79 Å². The normalized spacial score (nSPS) is 13.3. The summed E-state index contributed by atoms with van der Waals surface area (Å²) >= 11 is 0. The van der Waals surface area contributed by atoms with Crippen molar-refractivity contribution in [2.75, 3.05) is 5.32 Å². The molecule has 1 aliphatic carbocycles. The van der Waals surface area contributed by atoms with Crippen LogP contribution in [0.25, 0.3) is 11.4 Å². The van der Waals surface area contributed by atoms with Gasteiger partial charge in [-0.05, 0) is 25.0 Å². The number of para-hydroxylation sites is 1. The minimum Gasteiger partial charge on any atom is -0.348 e. The van der Waals surface area contributed by atoms with Crippen molar-refractivity contribution in [1.29, 1.82) is 0 Å². The summed E-state index contributed by atoms with van der Waals surface area (Å²) in [7, 11) is 0. The molecule has 2 N–H and O–H groups in total. The quantitative estimate of drug-likeness (QED) is 0.747. The van der Waals surface area contributed by atoms with Crippen LogP contribution in [0.4, 0.5) is 11.5 Å². The highest BCUT2D eigenvalue weighted by Crippen LogP contribution is 2.22. The second kappa shape index (κ2) is 6.73. The molecule has 1 heterocycles. The van der Waals surface area contributed by atoms with Crippen molar-refractivity contribution in [2.45, 2.75) is 18.9 Å². The molecule has 0 saturated heterocycles. The number of amides is 1. The Morgan fingerprint density at radius 3 is 2.28 bits per heavy atom. The first kappa shape index (κ1) is 15.3. The van der Waals surface area contributed by atoms with Crippen molar-refractivity contribution >= 4 is 17.4 Å². The lowest BCUT2D eigenvalue weighted by molar-refractivity contribution is 0.0946. The van der Waals surface area contributed by atoms with Crippen LogP contribution in [0.3, 0.4) is 0 Å². The molecule has 1 amide bonds. The van der Waals surface area contributed by atoms with Crippen LogP contribution >= 0.6 is 0 Å². The zero-order chi connectivity index (χ0) is 17.1. The van der Waals surface area contributed by atoms with Crippen LogP contribution in [-0.4, -0.2) is 21.9 Å². The van der Waals surface area contributed by atoms with E-state index in [0.29, 0.717) is 17.3 Å². The Hall–Kier alpha value is -3.21. The number of nitrogens with zero attached hydrogens (tertiary/aromatic N) is 2. The highest BCUT2D eigenvalue weighted by atomic mass is 16.2. The second-order valence-corrected chi connectivity index (χ2v) is 6.07. The number of benzene rings is 2. The molecule has 1 aromatic heterocycles. The summed E-state index contributed by atoms with van der Waals surface area (Å²) in [4.78, 5) is 21.5. The number of aromatic nitrogens is 2. The number of hydrogen-bond donors (Lipinski definition) is 2. The average Bonchev–Trinajstić information content (AvgIpc) is 3.47. The van der Waals surface area contributed by atoms with Gasteiger partial charge in [0.05, 0.1) is 0 Å². The number of carbonyl (C=O) groups is 1. The van der Waals surface area contributed by atoms with Crippen molar-refractivity contribution in [2.24, 2.45) is 0 Å². The standard InChI is InChI=1S/C20H18N4O/c25-20(22-16-11-12-16)17-13-18(21-15-9-5-2-6-10-15)24-19(23-17)14-7-3-1-4-8-14/h1-10,13,16H,11-12H2,(H,22,25)(H,21,23,24). The van der Waals surface area contributed by atoms with Gasteiger partial charge in [-0.15, -0.1) is 0 Å². The molecule has 0 aliphatic heterocycles. The monoisotopic (exact) mass is 330 g/mol. The molecule has 2 aromatic carbocycles. The minimum absolute atomic E-state index is 0.154. The fraction of sp³-hybridized carbons (Fsp3) is 0.150. The molecule has 1 fully saturated rings. The van der Waals surface area contributed by atoms with Gasteiger partial charge in [0.25, 0.3) is 5.91 Å². The molecule has 5 heteroatoms. The Morgan fingerprint density at radius 1 is 0.920 bits per heavy atom. The molecular formula is C20H18N4O. The van der Waals surface area contributed by atoms with Crippen molar-refractivity contribution in [3.05, 3.63) is 72.4 Å². The Kier molecular flexibility index (Phi) is 4.12. The average molecular weight is 330 g/mol. The first-order chi connectivity index (χ1) is 12.3. The van der Waals surface area contributed by atoms with Gasteiger partial charge >= 0.3 is 0 Å². The van der Waals surface area contributed by atoms with Crippen LogP contribution in [-0.2, 0) is 0 Å². The predicted octanol–water partition coefficient (Wildman–Crippen LogP) is 3.78. The number of hydrogen-bond acceptors (Lipinski definition) is 4. The van der Waals surface area contributed by atoms with E-state index in [1.807, 2.05) is 60.7 Å². The number of nitrogens with one attached hydrogen (secondary N) is 2. The zero-order valence-corrected chi connectivity index (χ0v) is 13.6. The van der Waals surface area contributed by atoms with E-state index in [-0.39, 0.29) is 11.9 Å². The smallest absolute Gasteiger partial charge is 0.270 e. The summed E-state index contributed by atoms with van der Waals surface area (Å²) in [5.41, 5.74) is 2.16. The molecule has 25 heavy (non-hydrogen) atoms. The molecule has 4 rings (SSSR count). The maximum absolute atomic E-state index is 12.5. The van der Waals surface area contributed by atoms with Gasteiger partial charge in [0.1, 0.15) is 11.5 Å². The first-order valence-corrected chi connectivity index (χ1v) is 8.35. The fourth-order valence-electron chi connectivity index (χ4n) is 2.50. The first-order valence-electron chi connectivity index (χ1n) is 8.35. The summed E-state index contributed by atoms with van der Waals surface area (Å²) in [6.07, 6.45) is 2.08. The maximum atomic E-state index is 12.5. The van der Waals surface area contributed by atoms with E-state index in [1.165, 1.54) is 0 Å². The zero-order valence-electron chi connectivity index (χ0n) is 13.6. The largest absolute Gasteiger partial charge is 0.348 e. The third kappa shape index (κ3) is 3.83. The van der Waals surface area contributed by atoms with Gasteiger partial charge in [-0.2, -0.15) is 0 Å². The Morgan fingerprint density at radius 2 is 1.60 bits per heavy atom. The van der Waals surface area contributed by atoms with Gasteiger partial charge in [0.15, 0.2) is 5.82 Å². The fourth-order valence-corrected chi connectivity index (χ4v) is 2.50. The highest BCUT2D eigenvalue weighted by molar-refractivity contribution is 5.94. The Balaban J connectivity index is 1.70. The second-order valence-electron chi connectivity index (χ2n) is 6.07. The summed E-state index contributed by atoms with van der Waals surface area (Å²) < 4.78 is 0. The van der Waals surface area contributed by atoms with E-state index >= 15 is 0 Å². The lowest BCUT2D eigenvalue weighted by Crippen LogP contribution is -2.26. The topological polar surface area (TPSA) is 66.9 Å². The van der Waals surface area contributed by atoms with Gasteiger partial charge in [-0.1, -0.05) is 48.5 Å². The Bertz CT molecular complexity index is 877. The van der Waals surface area contributed by atoms with Gasteiger partial charge in [-0.25, -0.2) is 9.97 Å². The lowest BCUT2D eigenvalue weighted by atomic mass is 10.2. The van der Waals surface area contributed by atoms with Crippen LogP contribution in [0.1, 0.15) is 23.3 Å². The van der Waals surface area contributed by atoms with Crippen molar-refractivity contribution in [1.82, 2.24) is 15.3 Å². The van der Waals surface area contributed by atoms with E-state index in [4.69, 9.17) is 0 Å². The van der Waals surface area contributed by atoms with Crippen LogP contribution in [0, 0.1) is 0 Å². The molecule has 3 aromatic rings. The van der Waals surface area contributed by atoms with Crippen molar-refractivity contribution < 1.29 is 4.79 Å². The van der Waals surface area contributed by atoms with E-state index in [2.05, 4.69) is 20.6 Å². The van der Waals surface area contributed by atoms with Crippen LogP contribution in [0.2, 0.25) is 0 Å². The van der Waals surface area contributed by atoms with Crippen molar-refractivity contribution in [3.63, 3.8) is 0 Å². The molecule has 0 unspecified atom stereocenters. The van der Waals surface area contributed by atoms with Gasteiger partial charge in [0, 0.05) is 23.4 Å². The maximum Gasteiger partial charge on any atom is 0.270 e. The van der Waals surface area contributed by atoms with Crippen molar-refractivity contribution in [3.8, 4) is 11.4 Å². The van der Waals surface area contributed by atoms with Crippen LogP contribution in [0.5, 0.6) is 0 Å². The highest BCUT2D eigenvalue weighted by Gasteiger charge is 2.25. The molecular weight excluding hydrogens is 312 g/mol. The van der Waals surface area contributed by atoms with E-state index < -0.39 is 0 Å². The molecule has 1 aliphatic rings. The summed E-state index contributed by atoms with van der Waals surface area (Å²) in [6, 6.07) is 21.4. The molecule has 1 saturated carbocycles. The molecule has 0 spiro atoms. The number of anilines is 2. The van der Waals surface area contributed by atoms with Gasteiger partial charge < -0.3 is 10.6 Å². The van der Waals surface area contributed by atoms with E-state index in [0.717, 1.165) is 24.1 Å². The molecule has 124 valence electrons. The number of rotatable bonds is 5. The van der Waals surface area contributed by atoms with E-state index in [1.54, 1.807) is 6.07 Å². The molecule has 0 bridgehead atoms. The third-order valence-corrected chi connectivity index (χ3v) is 3.95. The van der Waals surface area contributed by atoms with Crippen LogP contribution < -0.4 is 10.6 Å². The van der Waals surface area contributed by atoms with Gasteiger partial charge in [-0.3, -0.25) is 4.79 Å². The minimum atomic E-state index is -0.154. The SMILES string of the molecule is O=C(NC1CC1)c1cc(Nc2ccccc2)nc(-c2ccccc2)n1. The third-order valence-electron chi connectivity index (χ3n) is 3.95.